The number of nitrogens with zero attached hydrogens (tertiary/aromatic N) is 3. The van der Waals surface area contributed by atoms with Crippen LogP contribution in [0, 0.1) is 0 Å². The smallest absolute Gasteiger partial charge is 0.317 e. The summed E-state index contributed by atoms with van der Waals surface area (Å²) in [5, 5.41) is 0. The summed E-state index contributed by atoms with van der Waals surface area (Å²) in [5.74, 6) is 0.517. The minimum Gasteiger partial charge on any atom is -0.468 e. The molecule has 0 bridgehead atoms. The number of amidine groups is 1. The van der Waals surface area contributed by atoms with Gasteiger partial charge in [0.05, 0.1) is 12.8 Å². The SMILES string of the molecule is CCCN(CCC)C(=O)C1=Cc2ccc(C3(C(=O)OC)CC3)nc2N=C(N)C1. The first kappa shape index (κ1) is 20.0. The van der Waals surface area contributed by atoms with Gasteiger partial charge in [0, 0.05) is 30.6 Å². The van der Waals surface area contributed by atoms with Crippen molar-refractivity contribution < 1.29 is 14.3 Å². The van der Waals surface area contributed by atoms with Crippen molar-refractivity contribution in [2.24, 2.45) is 10.7 Å². The van der Waals surface area contributed by atoms with Gasteiger partial charge >= 0.3 is 5.97 Å². The lowest BCUT2D eigenvalue weighted by atomic mass is 10.0. The Kier molecular flexibility index (Phi) is 5.82. The lowest BCUT2D eigenvalue weighted by Crippen LogP contribution is -2.34. The molecule has 1 aliphatic carbocycles. The number of hydrogen-bond acceptors (Lipinski definition) is 6. The zero-order valence-electron chi connectivity index (χ0n) is 16.8. The highest BCUT2D eigenvalue weighted by Crippen LogP contribution is 2.49. The summed E-state index contributed by atoms with van der Waals surface area (Å²) in [6.45, 7) is 5.55. The molecule has 1 aromatic rings. The lowest BCUT2D eigenvalue weighted by molar-refractivity contribution is -0.143. The van der Waals surface area contributed by atoms with Crippen molar-refractivity contribution in [1.29, 1.82) is 0 Å². The van der Waals surface area contributed by atoms with Gasteiger partial charge in [-0.05, 0) is 43.9 Å². The Morgan fingerprint density at radius 1 is 1.21 bits per heavy atom. The molecule has 0 spiro atoms. The number of carbonyl (C=O) groups excluding carboxylic acids is 2. The molecule has 0 unspecified atom stereocenters. The molecule has 7 heteroatoms. The van der Waals surface area contributed by atoms with E-state index in [-0.39, 0.29) is 18.3 Å². The minimum atomic E-state index is -0.665. The molecule has 1 aromatic heterocycles. The zero-order chi connectivity index (χ0) is 20.3. The average molecular weight is 384 g/mol. The molecule has 28 heavy (non-hydrogen) atoms. The van der Waals surface area contributed by atoms with Crippen LogP contribution in [0.25, 0.3) is 6.08 Å². The Morgan fingerprint density at radius 2 is 1.89 bits per heavy atom. The van der Waals surface area contributed by atoms with Gasteiger partial charge in [-0.2, -0.15) is 0 Å². The summed E-state index contributed by atoms with van der Waals surface area (Å²) in [7, 11) is 1.39. The van der Waals surface area contributed by atoms with E-state index in [1.165, 1.54) is 7.11 Å². The van der Waals surface area contributed by atoms with Gasteiger partial charge in [0.25, 0.3) is 0 Å². The fraction of sp³-hybridized carbons (Fsp3) is 0.524. The minimum absolute atomic E-state index is 0.00741. The lowest BCUT2D eigenvalue weighted by Gasteiger charge is -2.22. The highest BCUT2D eigenvalue weighted by molar-refractivity contribution is 6.05. The summed E-state index contributed by atoms with van der Waals surface area (Å²) < 4.78 is 4.94. The van der Waals surface area contributed by atoms with Crippen LogP contribution in [-0.2, 0) is 19.7 Å². The number of methoxy groups -OCH3 is 1. The van der Waals surface area contributed by atoms with Crippen LogP contribution in [0.1, 0.15) is 57.2 Å². The first-order valence-corrected chi connectivity index (χ1v) is 9.88. The van der Waals surface area contributed by atoms with Crippen molar-refractivity contribution in [3.8, 4) is 0 Å². The maximum atomic E-state index is 13.0. The monoisotopic (exact) mass is 384 g/mol. The van der Waals surface area contributed by atoms with Crippen LogP contribution in [0.3, 0.4) is 0 Å². The first-order valence-electron chi connectivity index (χ1n) is 9.88. The topological polar surface area (TPSA) is 97.9 Å². The molecule has 2 aliphatic rings. The van der Waals surface area contributed by atoms with Crippen molar-refractivity contribution in [2.75, 3.05) is 20.2 Å². The number of aliphatic imine (C=N–C) groups is 1. The number of amides is 1. The Balaban J connectivity index is 1.95. The molecule has 1 saturated carbocycles. The van der Waals surface area contributed by atoms with E-state index in [1.54, 1.807) is 0 Å². The first-order chi connectivity index (χ1) is 13.4. The quantitative estimate of drug-likeness (QED) is 0.729. The van der Waals surface area contributed by atoms with E-state index in [1.807, 2.05) is 23.1 Å². The Hall–Kier alpha value is -2.70. The molecule has 1 amide bonds. The molecule has 0 atom stereocenters. The third-order valence-corrected chi connectivity index (χ3v) is 5.22. The summed E-state index contributed by atoms with van der Waals surface area (Å²) >= 11 is 0. The molecule has 1 fully saturated rings. The molecule has 7 nitrogen and oxygen atoms in total. The number of esters is 1. The normalized spacial score (nSPS) is 17.0. The van der Waals surface area contributed by atoms with E-state index in [0.29, 0.717) is 48.9 Å². The van der Waals surface area contributed by atoms with Crippen LogP contribution in [0.2, 0.25) is 0 Å². The third-order valence-electron chi connectivity index (χ3n) is 5.22. The van der Waals surface area contributed by atoms with Crippen molar-refractivity contribution >= 4 is 29.6 Å². The van der Waals surface area contributed by atoms with Crippen LogP contribution in [0.5, 0.6) is 0 Å². The van der Waals surface area contributed by atoms with Gasteiger partial charge in [0.1, 0.15) is 11.3 Å². The summed E-state index contributed by atoms with van der Waals surface area (Å²) in [4.78, 5) is 36.1. The second kappa shape index (κ2) is 8.12. The van der Waals surface area contributed by atoms with Gasteiger partial charge in [-0.15, -0.1) is 0 Å². The molecule has 2 heterocycles. The molecule has 3 rings (SSSR count). The van der Waals surface area contributed by atoms with Crippen LogP contribution in [-0.4, -0.2) is 47.8 Å². The maximum absolute atomic E-state index is 13.0. The van der Waals surface area contributed by atoms with E-state index < -0.39 is 5.41 Å². The zero-order valence-corrected chi connectivity index (χ0v) is 16.8. The third kappa shape index (κ3) is 3.79. The van der Waals surface area contributed by atoms with Crippen LogP contribution >= 0.6 is 0 Å². The highest BCUT2D eigenvalue weighted by Gasteiger charge is 2.54. The van der Waals surface area contributed by atoms with Gasteiger partial charge in [-0.25, -0.2) is 9.98 Å². The molecule has 150 valence electrons. The van der Waals surface area contributed by atoms with Gasteiger partial charge in [-0.1, -0.05) is 13.8 Å². The molecule has 0 saturated heterocycles. The summed E-state index contributed by atoms with van der Waals surface area (Å²) in [6.07, 6.45) is 5.35. The number of fused-ring (bicyclic) bond motifs is 1. The van der Waals surface area contributed by atoms with Crippen LogP contribution in [0.4, 0.5) is 5.82 Å². The van der Waals surface area contributed by atoms with Crippen LogP contribution < -0.4 is 5.73 Å². The van der Waals surface area contributed by atoms with Gasteiger partial charge in [-0.3, -0.25) is 9.59 Å². The number of pyridine rings is 1. The molecular weight excluding hydrogens is 356 g/mol. The molecule has 0 radical (unpaired) electrons. The molecule has 0 aromatic carbocycles. The van der Waals surface area contributed by atoms with Gasteiger partial charge < -0.3 is 15.4 Å². The number of ether oxygens (including phenoxy) is 1. The summed E-state index contributed by atoms with van der Waals surface area (Å²) in [6, 6.07) is 3.69. The van der Waals surface area contributed by atoms with E-state index in [0.717, 1.165) is 18.4 Å². The second-order valence-electron chi connectivity index (χ2n) is 7.42. The highest BCUT2D eigenvalue weighted by atomic mass is 16.5. The number of hydrogen-bond donors (Lipinski definition) is 1. The predicted molar refractivity (Wildman–Crippen MR) is 108 cm³/mol. The number of nitrogens with two attached hydrogens (primary N) is 1. The molecule has 2 N–H and O–H groups in total. The van der Waals surface area contributed by atoms with Crippen LogP contribution in [0.15, 0.2) is 22.7 Å². The molecular formula is C21H28N4O3. The van der Waals surface area contributed by atoms with Crippen molar-refractivity contribution in [3.05, 3.63) is 29.0 Å². The standard InChI is InChI=1S/C21H28N4O3/c1-4-10-25(11-5-2)19(26)15-12-14-6-7-16(21(8-9-21)20(27)28-3)23-18(14)24-17(22)13-15/h6-7,12H,4-5,8-11,13H2,1-3H3,(H2,22,23,24). The predicted octanol–water partition coefficient (Wildman–Crippen LogP) is 2.71. The largest absolute Gasteiger partial charge is 0.468 e. The number of rotatable bonds is 7. The summed E-state index contributed by atoms with van der Waals surface area (Å²) in [5.41, 5.74) is 7.43. The molecule has 1 aliphatic heterocycles. The van der Waals surface area contributed by atoms with E-state index in [4.69, 9.17) is 10.5 Å². The van der Waals surface area contributed by atoms with Crippen molar-refractivity contribution in [1.82, 2.24) is 9.88 Å². The number of carbonyl (C=O) groups is 2. The Labute approximate surface area is 165 Å². The Bertz CT molecular complexity index is 834. The second-order valence-corrected chi connectivity index (χ2v) is 7.42. The van der Waals surface area contributed by atoms with Crippen molar-refractivity contribution in [3.63, 3.8) is 0 Å². The van der Waals surface area contributed by atoms with Gasteiger partial charge in [0.2, 0.25) is 5.91 Å². The van der Waals surface area contributed by atoms with Crippen molar-refractivity contribution in [2.45, 2.75) is 51.4 Å². The van der Waals surface area contributed by atoms with E-state index in [2.05, 4.69) is 23.8 Å². The fourth-order valence-electron chi connectivity index (χ4n) is 3.62. The number of aromatic nitrogens is 1. The maximum Gasteiger partial charge on any atom is 0.317 e. The van der Waals surface area contributed by atoms with E-state index in [9.17, 15) is 9.59 Å². The van der Waals surface area contributed by atoms with Gasteiger partial charge in [0.15, 0.2) is 5.82 Å². The fourth-order valence-corrected chi connectivity index (χ4v) is 3.62. The van der Waals surface area contributed by atoms with E-state index >= 15 is 0 Å². The average Bonchev–Trinajstić information content (AvgIpc) is 3.50. The Morgan fingerprint density at radius 3 is 2.46 bits per heavy atom.